The zero-order chi connectivity index (χ0) is 21.9. The van der Waals surface area contributed by atoms with Crippen LogP contribution in [0.15, 0.2) is 53.4 Å². The van der Waals surface area contributed by atoms with Crippen molar-refractivity contribution < 1.29 is 26.4 Å². The van der Waals surface area contributed by atoms with Gasteiger partial charge in [-0.2, -0.15) is 13.2 Å². The van der Waals surface area contributed by atoms with Crippen molar-refractivity contribution in [2.75, 3.05) is 7.05 Å². The van der Waals surface area contributed by atoms with E-state index in [2.05, 4.69) is 4.72 Å². The third kappa shape index (κ3) is 5.82. The highest BCUT2D eigenvalue weighted by molar-refractivity contribution is 7.89. The van der Waals surface area contributed by atoms with Crippen LogP contribution in [0.25, 0.3) is 0 Å². The number of hydrogen-bond acceptors (Lipinski definition) is 3. The second kappa shape index (κ2) is 8.77. The largest absolute Gasteiger partial charge is 0.416 e. The number of rotatable bonds is 8. The minimum atomic E-state index is -4.48. The summed E-state index contributed by atoms with van der Waals surface area (Å²) in [4.78, 5) is 13.8. The van der Waals surface area contributed by atoms with Crippen LogP contribution in [0.4, 0.5) is 13.2 Å². The van der Waals surface area contributed by atoms with Gasteiger partial charge in [-0.1, -0.05) is 30.3 Å². The van der Waals surface area contributed by atoms with Crippen LogP contribution in [0.2, 0.25) is 0 Å². The summed E-state index contributed by atoms with van der Waals surface area (Å²) in [5.74, 6) is -0.293. The number of aryl methyl sites for hydroxylation is 1. The average Bonchev–Trinajstić information content (AvgIpc) is 3.49. The predicted molar refractivity (Wildman–Crippen MR) is 106 cm³/mol. The van der Waals surface area contributed by atoms with Gasteiger partial charge in [0.2, 0.25) is 15.9 Å². The number of benzene rings is 2. The van der Waals surface area contributed by atoms with E-state index < -0.39 is 21.8 Å². The minimum absolute atomic E-state index is 0.0188. The zero-order valence-corrected chi connectivity index (χ0v) is 17.3. The topological polar surface area (TPSA) is 66.5 Å². The summed E-state index contributed by atoms with van der Waals surface area (Å²) in [6.45, 7) is -0.140. The molecule has 0 aromatic heterocycles. The highest BCUT2D eigenvalue weighted by Gasteiger charge is 2.33. The lowest BCUT2D eigenvalue weighted by atomic mass is 10.1. The number of sulfonamides is 1. The molecule has 30 heavy (non-hydrogen) atoms. The standard InChI is InChI=1S/C21H23F3N2O3S/c1-26(14-16-4-2-3-5-19(16)21(22,23)24)20(27)13-8-15-6-11-18(12-7-15)30(28,29)25-17-9-10-17/h2-7,11-12,17,25H,8-10,13-14H2,1H3. The van der Waals surface area contributed by atoms with E-state index in [9.17, 15) is 26.4 Å². The van der Waals surface area contributed by atoms with Crippen molar-refractivity contribution in [3.63, 3.8) is 0 Å². The van der Waals surface area contributed by atoms with E-state index in [0.29, 0.717) is 6.42 Å². The first kappa shape index (κ1) is 22.3. The molecule has 0 atom stereocenters. The van der Waals surface area contributed by atoms with Crippen LogP contribution in [0.3, 0.4) is 0 Å². The molecule has 0 heterocycles. The van der Waals surface area contributed by atoms with E-state index in [-0.39, 0.29) is 35.4 Å². The van der Waals surface area contributed by atoms with Crippen LogP contribution in [0.5, 0.6) is 0 Å². The third-order valence-corrected chi connectivity index (χ3v) is 6.45. The van der Waals surface area contributed by atoms with Crippen LogP contribution < -0.4 is 4.72 Å². The molecule has 1 saturated carbocycles. The minimum Gasteiger partial charge on any atom is -0.341 e. The van der Waals surface area contributed by atoms with Gasteiger partial charge in [0.1, 0.15) is 0 Å². The molecule has 5 nitrogen and oxygen atoms in total. The summed E-state index contributed by atoms with van der Waals surface area (Å²) >= 11 is 0. The molecule has 9 heteroatoms. The normalized spacial score (nSPS) is 14.5. The van der Waals surface area contributed by atoms with Crippen molar-refractivity contribution >= 4 is 15.9 Å². The lowest BCUT2D eigenvalue weighted by Crippen LogP contribution is -2.27. The lowest BCUT2D eigenvalue weighted by molar-refractivity contribution is -0.139. The maximum absolute atomic E-state index is 13.1. The fourth-order valence-electron chi connectivity index (χ4n) is 3.04. The molecule has 1 amide bonds. The molecule has 3 rings (SSSR count). The van der Waals surface area contributed by atoms with Crippen molar-refractivity contribution in [2.45, 2.75) is 49.3 Å². The number of nitrogens with one attached hydrogen (secondary N) is 1. The SMILES string of the molecule is CN(Cc1ccccc1C(F)(F)F)C(=O)CCc1ccc(S(=O)(=O)NC2CC2)cc1. The molecule has 162 valence electrons. The molecule has 0 aliphatic heterocycles. The first-order valence-electron chi connectivity index (χ1n) is 9.56. The summed E-state index contributed by atoms with van der Waals surface area (Å²) in [6.07, 6.45) is -2.31. The van der Waals surface area contributed by atoms with E-state index in [1.807, 2.05) is 0 Å². The second-order valence-corrected chi connectivity index (χ2v) is 9.16. The number of hydrogen-bond donors (Lipinski definition) is 1. The third-order valence-electron chi connectivity index (χ3n) is 4.92. The van der Waals surface area contributed by atoms with E-state index in [1.54, 1.807) is 12.1 Å². The molecule has 2 aromatic carbocycles. The van der Waals surface area contributed by atoms with E-state index in [4.69, 9.17) is 0 Å². The molecule has 2 aromatic rings. The van der Waals surface area contributed by atoms with Gasteiger partial charge < -0.3 is 4.90 Å². The smallest absolute Gasteiger partial charge is 0.341 e. The number of nitrogens with zero attached hydrogens (tertiary/aromatic N) is 1. The van der Waals surface area contributed by atoms with Crippen LogP contribution in [-0.2, 0) is 34.0 Å². The first-order valence-corrected chi connectivity index (χ1v) is 11.0. The van der Waals surface area contributed by atoms with Crippen LogP contribution in [0, 0.1) is 0 Å². The molecule has 0 bridgehead atoms. The number of alkyl halides is 3. The summed E-state index contributed by atoms with van der Waals surface area (Å²) in [5, 5.41) is 0. The van der Waals surface area contributed by atoms with Gasteiger partial charge in [0.05, 0.1) is 10.5 Å². The van der Waals surface area contributed by atoms with Gasteiger partial charge in [-0.15, -0.1) is 0 Å². The van der Waals surface area contributed by atoms with E-state index in [0.717, 1.165) is 24.5 Å². The van der Waals surface area contributed by atoms with Crippen LogP contribution >= 0.6 is 0 Å². The summed E-state index contributed by atoms with van der Waals surface area (Å²) in [6, 6.07) is 11.5. The zero-order valence-electron chi connectivity index (χ0n) is 16.4. The van der Waals surface area contributed by atoms with Crippen molar-refractivity contribution in [3.05, 3.63) is 65.2 Å². The van der Waals surface area contributed by atoms with Crippen molar-refractivity contribution in [1.82, 2.24) is 9.62 Å². The monoisotopic (exact) mass is 440 g/mol. The van der Waals surface area contributed by atoms with Crippen molar-refractivity contribution in [2.24, 2.45) is 0 Å². The van der Waals surface area contributed by atoms with Gasteiger partial charge in [0.25, 0.3) is 0 Å². The van der Waals surface area contributed by atoms with Crippen molar-refractivity contribution in [3.8, 4) is 0 Å². The molecular weight excluding hydrogens is 417 g/mol. The number of amides is 1. The van der Waals surface area contributed by atoms with Gasteiger partial charge in [-0.3, -0.25) is 4.79 Å². The van der Waals surface area contributed by atoms with Gasteiger partial charge >= 0.3 is 6.18 Å². The molecule has 1 N–H and O–H groups in total. The molecule has 1 fully saturated rings. The molecule has 0 radical (unpaired) electrons. The van der Waals surface area contributed by atoms with E-state index >= 15 is 0 Å². The fraction of sp³-hybridized carbons (Fsp3) is 0.381. The molecule has 0 unspecified atom stereocenters. The van der Waals surface area contributed by atoms with Crippen LogP contribution in [-0.4, -0.2) is 32.3 Å². The highest BCUT2D eigenvalue weighted by Crippen LogP contribution is 2.32. The Balaban J connectivity index is 1.56. The Labute approximate surface area is 173 Å². The number of halogens is 3. The molecule has 0 saturated heterocycles. The first-order chi connectivity index (χ1) is 14.1. The summed E-state index contributed by atoms with van der Waals surface area (Å²) in [7, 11) is -2.06. The van der Waals surface area contributed by atoms with E-state index in [1.165, 1.54) is 42.3 Å². The van der Waals surface area contributed by atoms with Gasteiger partial charge in [0.15, 0.2) is 0 Å². The Kier molecular flexibility index (Phi) is 6.52. The molecular formula is C21H23F3N2O3S. The van der Waals surface area contributed by atoms with Gasteiger partial charge in [-0.25, -0.2) is 13.1 Å². The molecule has 0 spiro atoms. The summed E-state index contributed by atoms with van der Waals surface area (Å²) < 4.78 is 66.3. The Morgan fingerprint density at radius 1 is 1.10 bits per heavy atom. The molecule has 1 aliphatic carbocycles. The van der Waals surface area contributed by atoms with Crippen LogP contribution in [0.1, 0.15) is 36.0 Å². The second-order valence-electron chi connectivity index (χ2n) is 7.44. The van der Waals surface area contributed by atoms with Gasteiger partial charge in [-0.05, 0) is 48.6 Å². The quantitative estimate of drug-likeness (QED) is 0.680. The summed E-state index contributed by atoms with van der Waals surface area (Å²) in [5.41, 5.74) is 0.0673. The van der Waals surface area contributed by atoms with Gasteiger partial charge in [0, 0.05) is 26.1 Å². The Bertz CT molecular complexity index is 1000. The number of carbonyl (C=O) groups excluding carboxylic acids is 1. The highest BCUT2D eigenvalue weighted by atomic mass is 32.2. The number of carbonyl (C=O) groups is 1. The maximum Gasteiger partial charge on any atom is 0.416 e. The Hall–Kier alpha value is -2.39. The Morgan fingerprint density at radius 3 is 2.33 bits per heavy atom. The fourth-order valence-corrected chi connectivity index (χ4v) is 4.35. The lowest BCUT2D eigenvalue weighted by Gasteiger charge is -2.20. The Morgan fingerprint density at radius 2 is 1.73 bits per heavy atom. The predicted octanol–water partition coefficient (Wildman–Crippen LogP) is 3.74. The molecule has 1 aliphatic rings. The average molecular weight is 440 g/mol. The maximum atomic E-state index is 13.1. The van der Waals surface area contributed by atoms with Crippen molar-refractivity contribution in [1.29, 1.82) is 0 Å².